The molecule has 15 heavy (non-hydrogen) atoms. The zero-order valence-electron chi connectivity index (χ0n) is 8.74. The first-order valence-corrected chi connectivity index (χ1v) is 5.59. The summed E-state index contributed by atoms with van der Waals surface area (Å²) in [5, 5.41) is 0.440. The van der Waals surface area contributed by atoms with E-state index < -0.39 is 0 Å². The van der Waals surface area contributed by atoms with Gasteiger partial charge in [-0.05, 0) is 19.8 Å². The van der Waals surface area contributed by atoms with Crippen LogP contribution < -0.4 is 9.64 Å². The van der Waals surface area contributed by atoms with Gasteiger partial charge in [0, 0.05) is 19.2 Å². The molecule has 0 radical (unpaired) electrons. The number of ether oxygens (including phenoxy) is 1. The van der Waals surface area contributed by atoms with E-state index in [4.69, 9.17) is 16.3 Å². The summed E-state index contributed by atoms with van der Waals surface area (Å²) in [6.45, 7) is 4.54. The van der Waals surface area contributed by atoms with Gasteiger partial charge >= 0.3 is 6.01 Å². The minimum absolute atomic E-state index is 0.368. The van der Waals surface area contributed by atoms with Crippen LogP contribution in [0.15, 0.2) is 6.07 Å². The van der Waals surface area contributed by atoms with Crippen molar-refractivity contribution in [2.45, 2.75) is 19.8 Å². The predicted molar refractivity (Wildman–Crippen MR) is 59.7 cm³/mol. The van der Waals surface area contributed by atoms with Crippen molar-refractivity contribution in [1.82, 2.24) is 9.97 Å². The fraction of sp³-hybridized carbons (Fsp3) is 0.600. The second-order valence-electron chi connectivity index (χ2n) is 3.46. The lowest BCUT2D eigenvalue weighted by Gasteiger charge is -2.16. The minimum atomic E-state index is 0.368. The van der Waals surface area contributed by atoms with E-state index >= 15 is 0 Å². The lowest BCUT2D eigenvalue weighted by molar-refractivity contribution is 0.312. The van der Waals surface area contributed by atoms with Crippen LogP contribution >= 0.6 is 11.6 Å². The molecular formula is C10H14ClN3O. The minimum Gasteiger partial charge on any atom is -0.464 e. The highest BCUT2D eigenvalue weighted by molar-refractivity contribution is 6.29. The summed E-state index contributed by atoms with van der Waals surface area (Å²) in [6, 6.07) is 2.15. The van der Waals surface area contributed by atoms with Crippen molar-refractivity contribution in [3.63, 3.8) is 0 Å². The number of halogens is 1. The Labute approximate surface area is 94.2 Å². The van der Waals surface area contributed by atoms with Crippen LogP contribution in [0, 0.1) is 0 Å². The van der Waals surface area contributed by atoms with Gasteiger partial charge in [0.25, 0.3) is 0 Å². The largest absolute Gasteiger partial charge is 0.464 e. The Balaban J connectivity index is 2.22. The highest BCUT2D eigenvalue weighted by Crippen LogP contribution is 2.22. The topological polar surface area (TPSA) is 38.2 Å². The standard InChI is InChI=1S/C10H14ClN3O/c1-2-15-10-12-8(11)7-9(13-10)14-5-3-4-6-14/h7H,2-6H2,1H3. The maximum Gasteiger partial charge on any atom is 0.319 e. The Morgan fingerprint density at radius 3 is 2.80 bits per heavy atom. The average Bonchev–Trinajstić information content (AvgIpc) is 2.70. The molecule has 1 aromatic heterocycles. The van der Waals surface area contributed by atoms with E-state index in [1.54, 1.807) is 6.07 Å². The zero-order chi connectivity index (χ0) is 10.7. The SMILES string of the molecule is CCOc1nc(Cl)cc(N2CCCC2)n1. The van der Waals surface area contributed by atoms with E-state index in [0.29, 0.717) is 17.8 Å². The number of anilines is 1. The molecule has 0 aliphatic carbocycles. The van der Waals surface area contributed by atoms with E-state index in [9.17, 15) is 0 Å². The molecule has 0 saturated carbocycles. The Bertz CT molecular complexity index is 339. The molecule has 2 rings (SSSR count). The van der Waals surface area contributed by atoms with E-state index in [0.717, 1.165) is 18.9 Å². The molecule has 0 unspecified atom stereocenters. The van der Waals surface area contributed by atoms with Gasteiger partial charge in [0.05, 0.1) is 6.61 Å². The number of aromatic nitrogens is 2. The predicted octanol–water partition coefficient (Wildman–Crippen LogP) is 2.13. The van der Waals surface area contributed by atoms with Crippen molar-refractivity contribution in [3.8, 4) is 6.01 Å². The molecule has 1 saturated heterocycles. The first kappa shape index (κ1) is 10.5. The fourth-order valence-corrected chi connectivity index (χ4v) is 1.86. The summed E-state index contributed by atoms with van der Waals surface area (Å²) in [4.78, 5) is 10.5. The monoisotopic (exact) mass is 227 g/mol. The van der Waals surface area contributed by atoms with Gasteiger partial charge in [0.2, 0.25) is 0 Å². The molecule has 1 fully saturated rings. The Hall–Kier alpha value is -1.03. The molecule has 0 spiro atoms. The van der Waals surface area contributed by atoms with E-state index in [1.807, 2.05) is 6.92 Å². The van der Waals surface area contributed by atoms with Crippen LogP contribution in [0.3, 0.4) is 0 Å². The molecule has 0 aromatic carbocycles. The van der Waals surface area contributed by atoms with Gasteiger partial charge in [-0.3, -0.25) is 0 Å². The van der Waals surface area contributed by atoms with Crippen LogP contribution in [-0.2, 0) is 0 Å². The summed E-state index contributed by atoms with van der Waals surface area (Å²) < 4.78 is 5.25. The van der Waals surface area contributed by atoms with Gasteiger partial charge in [-0.25, -0.2) is 0 Å². The van der Waals surface area contributed by atoms with Crippen molar-refractivity contribution >= 4 is 17.4 Å². The lowest BCUT2D eigenvalue weighted by atomic mass is 10.4. The maximum atomic E-state index is 5.91. The molecule has 2 heterocycles. The fourth-order valence-electron chi connectivity index (χ4n) is 1.69. The number of nitrogens with zero attached hydrogens (tertiary/aromatic N) is 3. The first-order valence-electron chi connectivity index (χ1n) is 5.22. The Morgan fingerprint density at radius 1 is 1.40 bits per heavy atom. The van der Waals surface area contributed by atoms with Gasteiger partial charge in [-0.15, -0.1) is 0 Å². The van der Waals surface area contributed by atoms with Gasteiger partial charge in [0.1, 0.15) is 11.0 Å². The average molecular weight is 228 g/mol. The third-order valence-electron chi connectivity index (χ3n) is 2.36. The first-order chi connectivity index (χ1) is 7.29. The molecule has 1 aliphatic heterocycles. The van der Waals surface area contributed by atoms with Gasteiger partial charge < -0.3 is 9.64 Å². The van der Waals surface area contributed by atoms with Crippen LogP contribution in [0.1, 0.15) is 19.8 Å². The summed E-state index contributed by atoms with van der Waals surface area (Å²) in [5.74, 6) is 0.871. The van der Waals surface area contributed by atoms with Gasteiger partial charge in [0.15, 0.2) is 0 Å². The number of hydrogen-bond donors (Lipinski definition) is 0. The third-order valence-corrected chi connectivity index (χ3v) is 2.56. The summed E-state index contributed by atoms with van der Waals surface area (Å²) in [7, 11) is 0. The van der Waals surface area contributed by atoms with Crippen LogP contribution in [0.2, 0.25) is 5.15 Å². The van der Waals surface area contributed by atoms with Crippen molar-refractivity contribution in [2.24, 2.45) is 0 Å². The quantitative estimate of drug-likeness (QED) is 0.742. The third kappa shape index (κ3) is 2.50. The molecule has 0 atom stereocenters. The van der Waals surface area contributed by atoms with Crippen LogP contribution in [-0.4, -0.2) is 29.7 Å². The number of hydrogen-bond acceptors (Lipinski definition) is 4. The maximum absolute atomic E-state index is 5.91. The van der Waals surface area contributed by atoms with E-state index in [1.165, 1.54) is 12.8 Å². The van der Waals surface area contributed by atoms with E-state index in [2.05, 4.69) is 14.9 Å². The second-order valence-corrected chi connectivity index (χ2v) is 3.85. The Morgan fingerprint density at radius 2 is 2.13 bits per heavy atom. The highest BCUT2D eigenvalue weighted by Gasteiger charge is 2.15. The lowest BCUT2D eigenvalue weighted by Crippen LogP contribution is -2.19. The molecule has 0 amide bonds. The van der Waals surface area contributed by atoms with Gasteiger partial charge in [-0.1, -0.05) is 11.6 Å². The molecule has 0 bridgehead atoms. The van der Waals surface area contributed by atoms with Gasteiger partial charge in [-0.2, -0.15) is 9.97 Å². The zero-order valence-corrected chi connectivity index (χ0v) is 9.50. The van der Waals surface area contributed by atoms with Crippen molar-refractivity contribution in [3.05, 3.63) is 11.2 Å². The molecular weight excluding hydrogens is 214 g/mol. The van der Waals surface area contributed by atoms with Crippen molar-refractivity contribution < 1.29 is 4.74 Å². The second kappa shape index (κ2) is 4.66. The molecule has 4 nitrogen and oxygen atoms in total. The van der Waals surface area contributed by atoms with Crippen LogP contribution in [0.5, 0.6) is 6.01 Å². The number of rotatable bonds is 3. The summed E-state index contributed by atoms with van der Waals surface area (Å²) >= 11 is 5.91. The molecule has 1 aliphatic rings. The van der Waals surface area contributed by atoms with E-state index in [-0.39, 0.29) is 0 Å². The smallest absolute Gasteiger partial charge is 0.319 e. The van der Waals surface area contributed by atoms with Crippen LogP contribution in [0.25, 0.3) is 0 Å². The summed E-state index contributed by atoms with van der Waals surface area (Å²) in [6.07, 6.45) is 2.43. The molecule has 0 N–H and O–H groups in total. The molecule has 1 aromatic rings. The molecule has 82 valence electrons. The molecule has 5 heteroatoms. The van der Waals surface area contributed by atoms with Crippen LogP contribution in [0.4, 0.5) is 5.82 Å². The Kier molecular flexibility index (Phi) is 3.26. The van der Waals surface area contributed by atoms with Crippen molar-refractivity contribution in [2.75, 3.05) is 24.6 Å². The normalized spacial score (nSPS) is 15.7. The van der Waals surface area contributed by atoms with Crippen molar-refractivity contribution in [1.29, 1.82) is 0 Å². The highest BCUT2D eigenvalue weighted by atomic mass is 35.5. The summed E-state index contributed by atoms with van der Waals surface area (Å²) in [5.41, 5.74) is 0.